The number of carbonyl (C=O) groups excluding carboxylic acids is 1. The lowest BCUT2D eigenvalue weighted by atomic mass is 9.77. The summed E-state index contributed by atoms with van der Waals surface area (Å²) in [6, 6.07) is 8.96. The molecule has 0 saturated heterocycles. The van der Waals surface area contributed by atoms with Crippen LogP contribution in [0.25, 0.3) is 0 Å². The third-order valence-electron chi connectivity index (χ3n) is 8.02. The van der Waals surface area contributed by atoms with Gasteiger partial charge in [0.15, 0.2) is 0 Å². The number of rotatable bonds is 8. The van der Waals surface area contributed by atoms with Crippen LogP contribution in [0.1, 0.15) is 81.4 Å². The van der Waals surface area contributed by atoms with Crippen molar-refractivity contribution in [1.82, 2.24) is 9.80 Å². The lowest BCUT2D eigenvalue weighted by Gasteiger charge is -2.44. The van der Waals surface area contributed by atoms with Crippen molar-refractivity contribution in [1.29, 1.82) is 0 Å². The van der Waals surface area contributed by atoms with Crippen molar-refractivity contribution in [2.75, 3.05) is 39.9 Å². The Bertz CT molecular complexity index is 740. The number of nitrogens with zero attached hydrogens (tertiary/aromatic N) is 2. The van der Waals surface area contributed by atoms with Gasteiger partial charge in [-0.15, -0.1) is 0 Å². The highest BCUT2D eigenvalue weighted by molar-refractivity contribution is 5.79. The number of hydrogen-bond acceptors (Lipinski definition) is 4. The molecule has 1 amide bonds. The van der Waals surface area contributed by atoms with E-state index in [1.807, 2.05) is 0 Å². The van der Waals surface area contributed by atoms with E-state index >= 15 is 0 Å². The summed E-state index contributed by atoms with van der Waals surface area (Å²) in [5.41, 5.74) is 2.12. The second-order valence-corrected chi connectivity index (χ2v) is 10.4. The zero-order valence-corrected chi connectivity index (χ0v) is 19.9. The molecule has 5 nitrogen and oxygen atoms in total. The Kier molecular flexibility index (Phi) is 8.25. The number of carbonyl (C=O) groups is 1. The van der Waals surface area contributed by atoms with Gasteiger partial charge in [0.2, 0.25) is 5.91 Å². The first-order chi connectivity index (χ1) is 15.6. The smallest absolute Gasteiger partial charge is 0.237 e. The zero-order chi connectivity index (χ0) is 22.4. The number of ether oxygens (including phenoxy) is 1. The number of benzene rings is 1. The molecule has 3 aliphatic rings. The summed E-state index contributed by atoms with van der Waals surface area (Å²) in [5.74, 6) is 0.773. The Hall–Kier alpha value is -1.43. The van der Waals surface area contributed by atoms with Gasteiger partial charge in [-0.25, -0.2) is 0 Å². The predicted octanol–water partition coefficient (Wildman–Crippen LogP) is 4.34. The van der Waals surface area contributed by atoms with Gasteiger partial charge in [-0.2, -0.15) is 0 Å². The molecule has 32 heavy (non-hydrogen) atoms. The molecule has 1 aliphatic heterocycles. The van der Waals surface area contributed by atoms with Gasteiger partial charge in [0.05, 0.1) is 24.8 Å². The largest absolute Gasteiger partial charge is 0.389 e. The Balaban J connectivity index is 1.50. The van der Waals surface area contributed by atoms with Crippen LogP contribution in [0.3, 0.4) is 0 Å². The highest BCUT2D eigenvalue weighted by atomic mass is 16.5. The summed E-state index contributed by atoms with van der Waals surface area (Å²) in [4.78, 5) is 18.1. The molecular weight excluding hydrogens is 400 g/mol. The van der Waals surface area contributed by atoms with Crippen molar-refractivity contribution in [2.45, 2.75) is 82.3 Å². The van der Waals surface area contributed by atoms with E-state index in [0.29, 0.717) is 32.2 Å². The first-order valence-electron chi connectivity index (χ1n) is 12.9. The maximum atomic E-state index is 13.7. The van der Waals surface area contributed by atoms with Gasteiger partial charge in [-0.3, -0.25) is 9.69 Å². The molecule has 1 atom stereocenters. The molecule has 0 spiro atoms. The summed E-state index contributed by atoms with van der Waals surface area (Å²) >= 11 is 0. The number of fused-ring (bicyclic) bond motifs is 1. The minimum atomic E-state index is -0.663. The van der Waals surface area contributed by atoms with Gasteiger partial charge in [0.1, 0.15) is 0 Å². The first kappa shape index (κ1) is 23.7. The van der Waals surface area contributed by atoms with Crippen molar-refractivity contribution in [3.8, 4) is 0 Å². The Morgan fingerprint density at radius 2 is 1.84 bits per heavy atom. The van der Waals surface area contributed by atoms with Crippen molar-refractivity contribution < 1.29 is 14.6 Å². The average Bonchev–Trinajstić information content (AvgIpc) is 2.82. The van der Waals surface area contributed by atoms with E-state index in [2.05, 4.69) is 34.1 Å². The highest BCUT2D eigenvalue weighted by Gasteiger charge is 2.38. The van der Waals surface area contributed by atoms with E-state index in [1.54, 1.807) is 7.11 Å². The molecule has 178 valence electrons. The van der Waals surface area contributed by atoms with Crippen molar-refractivity contribution in [3.05, 3.63) is 35.4 Å². The van der Waals surface area contributed by atoms with Crippen LogP contribution in [0.5, 0.6) is 0 Å². The molecule has 0 bridgehead atoms. The molecule has 1 aromatic rings. The van der Waals surface area contributed by atoms with Gasteiger partial charge in [0.25, 0.3) is 0 Å². The molecule has 1 aromatic carbocycles. The fraction of sp³-hybridized carbons (Fsp3) is 0.741. The summed E-state index contributed by atoms with van der Waals surface area (Å²) < 4.78 is 5.34. The van der Waals surface area contributed by atoms with Gasteiger partial charge in [0, 0.05) is 26.7 Å². The van der Waals surface area contributed by atoms with Gasteiger partial charge in [-0.05, 0) is 49.1 Å². The Morgan fingerprint density at radius 3 is 2.59 bits per heavy atom. The quantitative estimate of drug-likeness (QED) is 0.651. The standard InChI is InChI=1S/C27H42N2O3/c1-32-19-18-28(21-27(31)15-8-3-9-16-27)20-25(30)29-17-14-22-10-6-7-13-24(22)26(29)23-11-4-2-5-12-23/h6-7,10,13,23,26,31H,2-5,8-9,11-12,14-21H2,1H3. The molecule has 2 fully saturated rings. The number of methoxy groups -OCH3 is 1. The van der Waals surface area contributed by atoms with Crippen LogP contribution < -0.4 is 0 Å². The van der Waals surface area contributed by atoms with Gasteiger partial charge >= 0.3 is 0 Å². The molecule has 1 N–H and O–H groups in total. The number of aliphatic hydroxyl groups is 1. The molecule has 5 heteroatoms. The topological polar surface area (TPSA) is 53.0 Å². The average molecular weight is 443 g/mol. The molecule has 2 saturated carbocycles. The van der Waals surface area contributed by atoms with Gasteiger partial charge < -0.3 is 14.7 Å². The molecule has 1 heterocycles. The fourth-order valence-electron chi connectivity index (χ4n) is 6.34. The zero-order valence-electron chi connectivity index (χ0n) is 19.9. The van der Waals surface area contributed by atoms with Gasteiger partial charge in [-0.1, -0.05) is 62.8 Å². The second-order valence-electron chi connectivity index (χ2n) is 10.4. The summed E-state index contributed by atoms with van der Waals surface area (Å²) in [6.45, 7) is 3.01. The lowest BCUT2D eigenvalue weighted by Crippen LogP contribution is -2.51. The van der Waals surface area contributed by atoms with E-state index in [9.17, 15) is 9.90 Å². The highest BCUT2D eigenvalue weighted by Crippen LogP contribution is 2.42. The van der Waals surface area contributed by atoms with Crippen molar-refractivity contribution in [2.24, 2.45) is 5.92 Å². The van der Waals surface area contributed by atoms with E-state index in [1.165, 1.54) is 49.7 Å². The maximum absolute atomic E-state index is 13.7. The van der Waals surface area contributed by atoms with Crippen LogP contribution in [-0.2, 0) is 16.0 Å². The van der Waals surface area contributed by atoms with E-state index in [-0.39, 0.29) is 11.9 Å². The molecular formula is C27H42N2O3. The Morgan fingerprint density at radius 1 is 1.12 bits per heavy atom. The lowest BCUT2D eigenvalue weighted by molar-refractivity contribution is -0.138. The minimum Gasteiger partial charge on any atom is -0.389 e. The summed E-state index contributed by atoms with van der Waals surface area (Å²) in [5, 5.41) is 11.1. The fourth-order valence-corrected chi connectivity index (χ4v) is 6.34. The van der Waals surface area contributed by atoms with E-state index < -0.39 is 5.60 Å². The monoisotopic (exact) mass is 442 g/mol. The van der Waals surface area contributed by atoms with Crippen molar-refractivity contribution >= 4 is 5.91 Å². The van der Waals surface area contributed by atoms with E-state index in [4.69, 9.17) is 4.74 Å². The summed E-state index contributed by atoms with van der Waals surface area (Å²) in [6.07, 6.45) is 12.3. The minimum absolute atomic E-state index is 0.204. The SMILES string of the molecule is COCCN(CC(=O)N1CCc2ccccc2C1C1CCCCC1)CC1(O)CCCCC1. The van der Waals surface area contributed by atoms with Crippen molar-refractivity contribution in [3.63, 3.8) is 0 Å². The molecule has 0 aromatic heterocycles. The van der Waals surface area contributed by atoms with Crippen LogP contribution in [0, 0.1) is 5.92 Å². The predicted molar refractivity (Wildman–Crippen MR) is 128 cm³/mol. The van der Waals surface area contributed by atoms with E-state index in [0.717, 1.165) is 38.6 Å². The first-order valence-corrected chi connectivity index (χ1v) is 12.9. The molecule has 0 radical (unpaired) electrons. The normalized spacial score (nSPS) is 23.8. The second kappa shape index (κ2) is 11.1. The molecule has 2 aliphatic carbocycles. The molecule has 4 rings (SSSR count). The Labute approximate surface area is 194 Å². The summed E-state index contributed by atoms with van der Waals surface area (Å²) in [7, 11) is 1.70. The number of amides is 1. The third kappa shape index (κ3) is 5.73. The van der Waals surface area contributed by atoms with Crippen LogP contribution in [0.4, 0.5) is 0 Å². The van der Waals surface area contributed by atoms with Crippen LogP contribution in [0.15, 0.2) is 24.3 Å². The van der Waals surface area contributed by atoms with Crippen LogP contribution in [-0.4, -0.2) is 66.3 Å². The number of hydrogen-bond donors (Lipinski definition) is 1. The van der Waals surface area contributed by atoms with Crippen LogP contribution in [0.2, 0.25) is 0 Å². The molecule has 1 unspecified atom stereocenters. The van der Waals surface area contributed by atoms with Crippen LogP contribution >= 0.6 is 0 Å². The third-order valence-corrected chi connectivity index (χ3v) is 8.02. The maximum Gasteiger partial charge on any atom is 0.237 e.